The Kier molecular flexibility index (Phi) is 4.08. The van der Waals surface area contributed by atoms with Gasteiger partial charge in [-0.3, -0.25) is 4.79 Å². The number of H-pyrrole nitrogens is 1. The molecule has 1 spiro atoms. The molecule has 1 amide bonds. The van der Waals surface area contributed by atoms with E-state index in [1.807, 2.05) is 4.90 Å². The molecule has 120 valence electrons. The Morgan fingerprint density at radius 3 is 2.68 bits per heavy atom. The largest absolute Gasteiger partial charge is 0.375 e. The van der Waals surface area contributed by atoms with E-state index >= 15 is 0 Å². The zero-order valence-electron chi connectivity index (χ0n) is 13.5. The van der Waals surface area contributed by atoms with Crippen molar-refractivity contribution in [2.45, 2.75) is 45.1 Å². The highest BCUT2D eigenvalue weighted by Crippen LogP contribution is 2.43. The van der Waals surface area contributed by atoms with Gasteiger partial charge in [0.15, 0.2) is 0 Å². The van der Waals surface area contributed by atoms with Gasteiger partial charge in [-0.05, 0) is 51.0 Å². The zero-order valence-corrected chi connectivity index (χ0v) is 13.5. The van der Waals surface area contributed by atoms with Gasteiger partial charge in [-0.25, -0.2) is 4.98 Å². The number of amides is 1. The Labute approximate surface area is 131 Å². The van der Waals surface area contributed by atoms with Crippen molar-refractivity contribution in [1.82, 2.24) is 14.9 Å². The Morgan fingerprint density at radius 2 is 2.09 bits per heavy atom. The molecule has 1 aromatic rings. The zero-order chi connectivity index (χ0) is 15.6. The maximum absolute atomic E-state index is 12.2. The van der Waals surface area contributed by atoms with Crippen LogP contribution in [0.2, 0.25) is 0 Å². The summed E-state index contributed by atoms with van der Waals surface area (Å²) >= 11 is 0. The second-order valence-electron chi connectivity index (χ2n) is 7.21. The minimum atomic E-state index is 0.0189. The highest BCUT2D eigenvalue weighted by atomic mass is 16.5. The molecule has 0 saturated carbocycles. The Hall–Kier alpha value is -1.62. The smallest absolute Gasteiger partial charge is 0.246 e. The molecule has 5 nitrogen and oxygen atoms in total. The average Bonchev–Trinajstić information content (AvgIpc) is 3.03. The number of ether oxygens (including phenoxy) is 1. The second-order valence-corrected chi connectivity index (χ2v) is 7.21. The van der Waals surface area contributed by atoms with Crippen molar-refractivity contribution < 1.29 is 9.53 Å². The van der Waals surface area contributed by atoms with Crippen LogP contribution in [0.1, 0.15) is 45.2 Å². The molecule has 2 saturated heterocycles. The molecule has 5 heteroatoms. The van der Waals surface area contributed by atoms with Gasteiger partial charge in [-0.2, -0.15) is 0 Å². The predicted octanol–water partition coefficient (Wildman–Crippen LogP) is 2.62. The standard InChI is InChI=1S/C17H25N3O2/c1-16(2)5-6-17(12-22-16)7-9-20(10-8-17)15(21)4-3-14-11-18-13-19-14/h3-4,11,13H,5-10,12H2,1-2H3,(H,18,19)/b4-3+. The fourth-order valence-corrected chi connectivity index (χ4v) is 3.28. The van der Waals surface area contributed by atoms with Gasteiger partial charge in [0.2, 0.25) is 5.91 Å². The summed E-state index contributed by atoms with van der Waals surface area (Å²) in [7, 11) is 0. The van der Waals surface area contributed by atoms with Crippen molar-refractivity contribution in [3.05, 3.63) is 24.3 Å². The van der Waals surface area contributed by atoms with Gasteiger partial charge in [-0.1, -0.05) is 0 Å². The van der Waals surface area contributed by atoms with Crippen LogP contribution in [0.5, 0.6) is 0 Å². The van der Waals surface area contributed by atoms with Crippen LogP contribution in [-0.2, 0) is 9.53 Å². The lowest BCUT2D eigenvalue weighted by atomic mass is 9.72. The average molecular weight is 303 g/mol. The predicted molar refractivity (Wildman–Crippen MR) is 85.1 cm³/mol. The number of carbonyl (C=O) groups is 1. The number of aromatic amines is 1. The number of likely N-dealkylation sites (tertiary alicyclic amines) is 1. The Morgan fingerprint density at radius 1 is 1.32 bits per heavy atom. The number of nitrogens with zero attached hydrogens (tertiary/aromatic N) is 2. The monoisotopic (exact) mass is 303 g/mol. The van der Waals surface area contributed by atoms with Crippen molar-refractivity contribution in [2.75, 3.05) is 19.7 Å². The summed E-state index contributed by atoms with van der Waals surface area (Å²) < 4.78 is 6.02. The van der Waals surface area contributed by atoms with E-state index < -0.39 is 0 Å². The summed E-state index contributed by atoms with van der Waals surface area (Å²) in [4.78, 5) is 21.1. The van der Waals surface area contributed by atoms with Crippen LogP contribution >= 0.6 is 0 Å². The summed E-state index contributed by atoms with van der Waals surface area (Å²) in [5.74, 6) is 0.0847. The molecule has 0 bridgehead atoms. The molecule has 22 heavy (non-hydrogen) atoms. The first kappa shape index (κ1) is 15.3. The van der Waals surface area contributed by atoms with Crippen molar-refractivity contribution in [2.24, 2.45) is 5.41 Å². The van der Waals surface area contributed by atoms with E-state index in [-0.39, 0.29) is 11.5 Å². The quantitative estimate of drug-likeness (QED) is 0.854. The number of imidazole rings is 1. The molecule has 0 unspecified atom stereocenters. The molecule has 3 heterocycles. The van der Waals surface area contributed by atoms with Gasteiger partial charge in [-0.15, -0.1) is 0 Å². The van der Waals surface area contributed by atoms with Crippen LogP contribution < -0.4 is 0 Å². The number of carbonyl (C=O) groups excluding carboxylic acids is 1. The fraction of sp³-hybridized carbons (Fsp3) is 0.647. The lowest BCUT2D eigenvalue weighted by Gasteiger charge is -2.47. The number of hydrogen-bond acceptors (Lipinski definition) is 3. The van der Waals surface area contributed by atoms with Crippen LogP contribution in [0.15, 0.2) is 18.6 Å². The van der Waals surface area contributed by atoms with E-state index in [0.29, 0.717) is 5.41 Å². The Bertz CT molecular complexity index is 528. The molecular weight excluding hydrogens is 278 g/mol. The number of rotatable bonds is 2. The third-order valence-corrected chi connectivity index (χ3v) is 5.09. The summed E-state index contributed by atoms with van der Waals surface area (Å²) in [6.07, 6.45) is 11.2. The molecule has 2 fully saturated rings. The van der Waals surface area contributed by atoms with Crippen LogP contribution in [-0.4, -0.2) is 46.1 Å². The number of nitrogens with one attached hydrogen (secondary N) is 1. The van der Waals surface area contributed by atoms with E-state index in [1.54, 1.807) is 24.7 Å². The van der Waals surface area contributed by atoms with Crippen molar-refractivity contribution >= 4 is 12.0 Å². The van der Waals surface area contributed by atoms with Gasteiger partial charge in [0.05, 0.1) is 30.4 Å². The molecule has 3 rings (SSSR count). The van der Waals surface area contributed by atoms with Gasteiger partial charge in [0, 0.05) is 19.2 Å². The Balaban J connectivity index is 1.52. The fourth-order valence-electron chi connectivity index (χ4n) is 3.28. The summed E-state index contributed by atoms with van der Waals surface area (Å²) in [5, 5.41) is 0. The van der Waals surface area contributed by atoms with E-state index in [0.717, 1.165) is 44.7 Å². The third kappa shape index (κ3) is 3.40. The third-order valence-electron chi connectivity index (χ3n) is 5.09. The van der Waals surface area contributed by atoms with E-state index in [2.05, 4.69) is 23.8 Å². The van der Waals surface area contributed by atoms with E-state index in [4.69, 9.17) is 4.74 Å². The molecule has 1 aromatic heterocycles. The minimum Gasteiger partial charge on any atom is -0.375 e. The lowest BCUT2D eigenvalue weighted by molar-refractivity contribution is -0.141. The molecule has 2 aliphatic heterocycles. The first-order valence-corrected chi connectivity index (χ1v) is 8.08. The molecule has 0 aliphatic carbocycles. The molecule has 2 aliphatic rings. The van der Waals surface area contributed by atoms with Crippen LogP contribution in [0, 0.1) is 5.41 Å². The van der Waals surface area contributed by atoms with Crippen molar-refractivity contribution in [3.8, 4) is 0 Å². The number of piperidine rings is 1. The van der Waals surface area contributed by atoms with Crippen LogP contribution in [0.4, 0.5) is 0 Å². The second kappa shape index (κ2) is 5.88. The van der Waals surface area contributed by atoms with E-state index in [1.165, 1.54) is 6.42 Å². The lowest BCUT2D eigenvalue weighted by Crippen LogP contribution is -2.49. The SMILES string of the molecule is CC1(C)CCC2(CCN(C(=O)/C=C/c3cnc[nH]3)CC2)CO1. The first-order valence-electron chi connectivity index (χ1n) is 8.08. The van der Waals surface area contributed by atoms with Gasteiger partial charge >= 0.3 is 0 Å². The van der Waals surface area contributed by atoms with Crippen molar-refractivity contribution in [1.29, 1.82) is 0 Å². The molecule has 0 atom stereocenters. The molecule has 0 radical (unpaired) electrons. The maximum atomic E-state index is 12.2. The molecule has 0 aromatic carbocycles. The highest BCUT2D eigenvalue weighted by molar-refractivity contribution is 5.91. The summed E-state index contributed by atoms with van der Waals surface area (Å²) in [5.41, 5.74) is 1.16. The maximum Gasteiger partial charge on any atom is 0.246 e. The normalized spacial score (nSPS) is 24.0. The van der Waals surface area contributed by atoms with Crippen LogP contribution in [0.25, 0.3) is 6.08 Å². The number of hydrogen-bond donors (Lipinski definition) is 1. The van der Waals surface area contributed by atoms with E-state index in [9.17, 15) is 4.79 Å². The topological polar surface area (TPSA) is 58.2 Å². The molecular formula is C17H25N3O2. The van der Waals surface area contributed by atoms with Crippen LogP contribution in [0.3, 0.4) is 0 Å². The first-order chi connectivity index (χ1) is 10.5. The highest BCUT2D eigenvalue weighted by Gasteiger charge is 2.41. The van der Waals surface area contributed by atoms with Gasteiger partial charge in [0.25, 0.3) is 0 Å². The molecule has 1 N–H and O–H groups in total. The van der Waals surface area contributed by atoms with Crippen molar-refractivity contribution in [3.63, 3.8) is 0 Å². The van der Waals surface area contributed by atoms with Gasteiger partial charge < -0.3 is 14.6 Å². The minimum absolute atomic E-state index is 0.0189. The van der Waals surface area contributed by atoms with Gasteiger partial charge in [0.1, 0.15) is 0 Å². The number of aromatic nitrogens is 2. The summed E-state index contributed by atoms with van der Waals surface area (Å²) in [6.45, 7) is 6.83. The summed E-state index contributed by atoms with van der Waals surface area (Å²) in [6, 6.07) is 0.